The number of carbonyl (C=O) groups is 1. The molecule has 1 aliphatic carbocycles. The minimum absolute atomic E-state index is 0. The summed E-state index contributed by atoms with van der Waals surface area (Å²) in [7, 11) is 0. The first kappa shape index (κ1) is 13.8. The zero-order valence-electron chi connectivity index (χ0n) is 10.1. The van der Waals surface area contributed by atoms with Gasteiger partial charge in [0.2, 0.25) is 5.91 Å². The fourth-order valence-corrected chi connectivity index (χ4v) is 2.59. The molecule has 94 valence electrons. The summed E-state index contributed by atoms with van der Waals surface area (Å²) < 4.78 is 0. The van der Waals surface area contributed by atoms with Crippen molar-refractivity contribution >= 4 is 18.3 Å². The molecular weight excluding hydrogens is 224 g/mol. The van der Waals surface area contributed by atoms with Crippen molar-refractivity contribution in [2.75, 3.05) is 19.6 Å². The molecule has 16 heavy (non-hydrogen) atoms. The SMILES string of the molecule is CCN(C(=O)C1CCCNC1)C1CCC1.Cl. The number of rotatable bonds is 3. The van der Waals surface area contributed by atoms with E-state index in [1.165, 1.54) is 19.3 Å². The van der Waals surface area contributed by atoms with Crippen molar-refractivity contribution in [2.24, 2.45) is 5.92 Å². The van der Waals surface area contributed by atoms with Crippen molar-refractivity contribution < 1.29 is 4.79 Å². The summed E-state index contributed by atoms with van der Waals surface area (Å²) in [6.07, 6.45) is 5.98. The van der Waals surface area contributed by atoms with Crippen LogP contribution in [0.2, 0.25) is 0 Å². The van der Waals surface area contributed by atoms with Gasteiger partial charge < -0.3 is 10.2 Å². The van der Waals surface area contributed by atoms with Crippen molar-refractivity contribution in [3.63, 3.8) is 0 Å². The topological polar surface area (TPSA) is 32.3 Å². The Kier molecular flexibility index (Phi) is 5.56. The molecule has 1 N–H and O–H groups in total. The van der Waals surface area contributed by atoms with E-state index in [4.69, 9.17) is 0 Å². The quantitative estimate of drug-likeness (QED) is 0.824. The first-order valence-electron chi connectivity index (χ1n) is 6.34. The standard InChI is InChI=1S/C12H22N2O.ClH/c1-2-14(11-6-3-7-11)12(15)10-5-4-8-13-9-10;/h10-11,13H,2-9H2,1H3;1H. The first-order chi connectivity index (χ1) is 7.33. The molecule has 2 aliphatic rings. The van der Waals surface area contributed by atoms with Gasteiger partial charge in [0.05, 0.1) is 5.92 Å². The second kappa shape index (κ2) is 6.45. The van der Waals surface area contributed by atoms with Crippen molar-refractivity contribution in [3.05, 3.63) is 0 Å². The predicted octanol–water partition coefficient (Wildman–Crippen LogP) is 1.81. The Hall–Kier alpha value is -0.280. The van der Waals surface area contributed by atoms with E-state index in [0.29, 0.717) is 11.9 Å². The second-order valence-corrected chi connectivity index (χ2v) is 4.75. The molecule has 1 amide bonds. The number of nitrogens with one attached hydrogen (secondary N) is 1. The molecule has 1 unspecified atom stereocenters. The number of hydrogen-bond donors (Lipinski definition) is 1. The molecule has 1 saturated heterocycles. The van der Waals surface area contributed by atoms with E-state index in [2.05, 4.69) is 17.1 Å². The smallest absolute Gasteiger partial charge is 0.227 e. The van der Waals surface area contributed by atoms with Crippen LogP contribution in [0.3, 0.4) is 0 Å². The van der Waals surface area contributed by atoms with Crippen LogP contribution in [0.4, 0.5) is 0 Å². The summed E-state index contributed by atoms with van der Waals surface area (Å²) in [6, 6.07) is 0.560. The molecule has 0 radical (unpaired) electrons. The molecule has 1 aliphatic heterocycles. The molecule has 2 fully saturated rings. The number of amides is 1. The fraction of sp³-hybridized carbons (Fsp3) is 0.917. The van der Waals surface area contributed by atoms with Crippen LogP contribution in [0.25, 0.3) is 0 Å². The minimum atomic E-state index is 0. The lowest BCUT2D eigenvalue weighted by atomic mass is 9.89. The van der Waals surface area contributed by atoms with Crippen LogP contribution in [-0.4, -0.2) is 36.5 Å². The van der Waals surface area contributed by atoms with E-state index in [-0.39, 0.29) is 18.3 Å². The largest absolute Gasteiger partial charge is 0.340 e. The molecule has 2 rings (SSSR count). The Morgan fingerprint density at radius 1 is 1.31 bits per heavy atom. The van der Waals surface area contributed by atoms with Gasteiger partial charge in [0, 0.05) is 19.1 Å². The molecule has 0 aromatic rings. The Morgan fingerprint density at radius 3 is 2.50 bits per heavy atom. The summed E-state index contributed by atoms with van der Waals surface area (Å²) >= 11 is 0. The summed E-state index contributed by atoms with van der Waals surface area (Å²) in [5, 5.41) is 3.32. The molecule has 0 aromatic heterocycles. The van der Waals surface area contributed by atoms with Crippen LogP contribution in [0, 0.1) is 5.92 Å². The van der Waals surface area contributed by atoms with E-state index in [1.807, 2.05) is 0 Å². The van der Waals surface area contributed by atoms with Crippen LogP contribution in [-0.2, 0) is 4.79 Å². The fourth-order valence-electron chi connectivity index (χ4n) is 2.59. The third-order valence-corrected chi connectivity index (χ3v) is 3.79. The van der Waals surface area contributed by atoms with Gasteiger partial charge >= 0.3 is 0 Å². The Morgan fingerprint density at radius 2 is 2.06 bits per heavy atom. The van der Waals surface area contributed by atoms with Gasteiger partial charge in [-0.1, -0.05) is 0 Å². The zero-order chi connectivity index (χ0) is 10.7. The maximum Gasteiger partial charge on any atom is 0.227 e. The van der Waals surface area contributed by atoms with Gasteiger partial charge in [0.25, 0.3) is 0 Å². The van der Waals surface area contributed by atoms with Crippen LogP contribution in [0.5, 0.6) is 0 Å². The molecule has 3 nitrogen and oxygen atoms in total. The van der Waals surface area contributed by atoms with Crippen LogP contribution >= 0.6 is 12.4 Å². The highest BCUT2D eigenvalue weighted by Gasteiger charge is 2.32. The molecule has 1 heterocycles. The zero-order valence-corrected chi connectivity index (χ0v) is 10.9. The number of halogens is 1. The lowest BCUT2D eigenvalue weighted by Gasteiger charge is -2.39. The Balaban J connectivity index is 0.00000128. The summed E-state index contributed by atoms with van der Waals surface area (Å²) in [5.41, 5.74) is 0. The van der Waals surface area contributed by atoms with E-state index in [0.717, 1.165) is 32.5 Å². The molecule has 1 atom stereocenters. The maximum absolute atomic E-state index is 12.2. The van der Waals surface area contributed by atoms with E-state index < -0.39 is 0 Å². The molecular formula is C12H23ClN2O. The van der Waals surface area contributed by atoms with Crippen molar-refractivity contribution in [2.45, 2.75) is 45.1 Å². The minimum Gasteiger partial charge on any atom is -0.340 e. The lowest BCUT2D eigenvalue weighted by molar-refractivity contribution is -0.139. The maximum atomic E-state index is 12.2. The van der Waals surface area contributed by atoms with Gasteiger partial charge in [0.15, 0.2) is 0 Å². The second-order valence-electron chi connectivity index (χ2n) is 4.75. The van der Waals surface area contributed by atoms with Crippen LogP contribution in [0.1, 0.15) is 39.0 Å². The van der Waals surface area contributed by atoms with E-state index in [1.54, 1.807) is 0 Å². The Labute approximate surface area is 104 Å². The van der Waals surface area contributed by atoms with Crippen LogP contribution < -0.4 is 5.32 Å². The first-order valence-corrected chi connectivity index (χ1v) is 6.34. The summed E-state index contributed by atoms with van der Waals surface area (Å²) in [6.45, 7) is 4.97. The average molecular weight is 247 g/mol. The summed E-state index contributed by atoms with van der Waals surface area (Å²) in [5.74, 6) is 0.647. The predicted molar refractivity (Wildman–Crippen MR) is 67.9 cm³/mol. The highest BCUT2D eigenvalue weighted by Crippen LogP contribution is 2.26. The summed E-state index contributed by atoms with van der Waals surface area (Å²) in [4.78, 5) is 14.4. The van der Waals surface area contributed by atoms with Crippen molar-refractivity contribution in [3.8, 4) is 0 Å². The van der Waals surface area contributed by atoms with Crippen molar-refractivity contribution in [1.29, 1.82) is 0 Å². The van der Waals surface area contributed by atoms with Gasteiger partial charge in [-0.15, -0.1) is 12.4 Å². The molecule has 0 bridgehead atoms. The highest BCUT2D eigenvalue weighted by molar-refractivity contribution is 5.85. The normalized spacial score (nSPS) is 25.4. The highest BCUT2D eigenvalue weighted by atomic mass is 35.5. The van der Waals surface area contributed by atoms with Gasteiger partial charge in [-0.2, -0.15) is 0 Å². The van der Waals surface area contributed by atoms with E-state index >= 15 is 0 Å². The Bertz CT molecular complexity index is 225. The third-order valence-electron chi connectivity index (χ3n) is 3.79. The average Bonchev–Trinajstić information content (AvgIpc) is 2.23. The molecule has 1 saturated carbocycles. The molecule has 4 heteroatoms. The molecule has 0 spiro atoms. The van der Waals surface area contributed by atoms with Gasteiger partial charge in [-0.05, 0) is 45.6 Å². The van der Waals surface area contributed by atoms with Crippen LogP contribution in [0.15, 0.2) is 0 Å². The van der Waals surface area contributed by atoms with Gasteiger partial charge in [-0.3, -0.25) is 4.79 Å². The van der Waals surface area contributed by atoms with Gasteiger partial charge in [0.1, 0.15) is 0 Å². The number of piperidine rings is 1. The third kappa shape index (κ3) is 2.89. The number of hydrogen-bond acceptors (Lipinski definition) is 2. The van der Waals surface area contributed by atoms with E-state index in [9.17, 15) is 4.79 Å². The van der Waals surface area contributed by atoms with Gasteiger partial charge in [-0.25, -0.2) is 0 Å². The monoisotopic (exact) mass is 246 g/mol. The number of nitrogens with zero attached hydrogens (tertiary/aromatic N) is 1. The number of carbonyl (C=O) groups excluding carboxylic acids is 1. The van der Waals surface area contributed by atoms with Crippen molar-refractivity contribution in [1.82, 2.24) is 10.2 Å². The molecule has 0 aromatic carbocycles. The lowest BCUT2D eigenvalue weighted by Crippen LogP contribution is -2.49.